The number of hydrogen-bond acceptors (Lipinski definition) is 6. The van der Waals surface area contributed by atoms with Gasteiger partial charge in [-0.05, 0) is 38.5 Å². The Bertz CT molecular complexity index is 778. The first-order chi connectivity index (χ1) is 24.5. The van der Waals surface area contributed by atoms with Gasteiger partial charge < -0.3 is 14.2 Å². The lowest BCUT2D eigenvalue weighted by Crippen LogP contribution is -2.30. The third kappa shape index (κ3) is 37.4. The Morgan fingerprint density at radius 1 is 0.380 bits per heavy atom. The number of carbonyl (C=O) groups is 3. The summed E-state index contributed by atoms with van der Waals surface area (Å²) in [6, 6.07) is 0. The molecule has 6 heteroatoms. The van der Waals surface area contributed by atoms with Crippen LogP contribution in [-0.4, -0.2) is 37.2 Å². The Morgan fingerprint density at radius 2 is 0.680 bits per heavy atom. The van der Waals surface area contributed by atoms with Gasteiger partial charge in [0.15, 0.2) is 6.10 Å². The van der Waals surface area contributed by atoms with E-state index in [1.54, 1.807) is 0 Å². The van der Waals surface area contributed by atoms with Crippen molar-refractivity contribution in [1.29, 1.82) is 0 Å². The fraction of sp³-hybridized carbons (Fsp3) is 0.886. The quantitative estimate of drug-likeness (QED) is 0.0274. The summed E-state index contributed by atoms with van der Waals surface area (Å²) < 4.78 is 16.6. The Labute approximate surface area is 310 Å². The molecule has 6 nitrogen and oxygen atoms in total. The zero-order valence-corrected chi connectivity index (χ0v) is 33.4. The minimum absolute atomic E-state index is 0.0695. The number of rotatable bonds is 39. The predicted octanol–water partition coefficient (Wildman–Crippen LogP) is 13.5. The molecule has 0 heterocycles. The average molecular weight is 707 g/mol. The van der Waals surface area contributed by atoms with Gasteiger partial charge in [0.1, 0.15) is 13.2 Å². The maximum absolute atomic E-state index is 12.6. The van der Waals surface area contributed by atoms with E-state index in [9.17, 15) is 14.4 Å². The number of carbonyl (C=O) groups excluding carboxylic acids is 3. The van der Waals surface area contributed by atoms with Crippen molar-refractivity contribution in [1.82, 2.24) is 0 Å². The largest absolute Gasteiger partial charge is 0.462 e. The molecule has 0 spiro atoms. The zero-order chi connectivity index (χ0) is 36.6. The standard InChI is InChI=1S/C44H82O6/c1-4-7-10-13-16-19-21-23-25-28-31-34-37-43(46)49-40-41(39-48-42(45)36-33-30-27-24-18-15-12-9-6-3)50-44(47)38-35-32-29-26-22-20-17-14-11-8-5-2/h14,17,41H,4-13,15-16,18-40H2,1-3H3/b17-14-/t41-/m1/s1. The maximum atomic E-state index is 12.6. The van der Waals surface area contributed by atoms with Gasteiger partial charge in [-0.25, -0.2) is 0 Å². The maximum Gasteiger partial charge on any atom is 0.306 e. The third-order valence-electron chi connectivity index (χ3n) is 9.52. The number of hydrogen-bond donors (Lipinski definition) is 0. The highest BCUT2D eigenvalue weighted by atomic mass is 16.6. The van der Waals surface area contributed by atoms with Crippen molar-refractivity contribution in [3.8, 4) is 0 Å². The van der Waals surface area contributed by atoms with E-state index < -0.39 is 6.10 Å². The summed E-state index contributed by atoms with van der Waals surface area (Å²) >= 11 is 0. The first-order valence-electron chi connectivity index (χ1n) is 21.7. The first kappa shape index (κ1) is 48.1. The van der Waals surface area contributed by atoms with Crippen molar-refractivity contribution >= 4 is 17.9 Å². The molecule has 0 N–H and O–H groups in total. The van der Waals surface area contributed by atoms with Crippen LogP contribution in [0.25, 0.3) is 0 Å². The summed E-state index contributed by atoms with van der Waals surface area (Å²) in [7, 11) is 0. The van der Waals surface area contributed by atoms with Gasteiger partial charge in [0, 0.05) is 19.3 Å². The molecule has 0 aromatic carbocycles. The molecule has 0 aliphatic rings. The van der Waals surface area contributed by atoms with E-state index in [-0.39, 0.29) is 31.1 Å². The normalized spacial score (nSPS) is 12.0. The van der Waals surface area contributed by atoms with Gasteiger partial charge in [0.05, 0.1) is 0 Å². The number of allylic oxidation sites excluding steroid dienone is 2. The third-order valence-corrected chi connectivity index (χ3v) is 9.52. The Balaban J connectivity index is 4.34. The fourth-order valence-corrected chi connectivity index (χ4v) is 6.19. The van der Waals surface area contributed by atoms with Crippen molar-refractivity contribution in [2.75, 3.05) is 13.2 Å². The fourth-order valence-electron chi connectivity index (χ4n) is 6.19. The molecule has 294 valence electrons. The van der Waals surface area contributed by atoms with Gasteiger partial charge in [0.25, 0.3) is 0 Å². The highest BCUT2D eigenvalue weighted by Crippen LogP contribution is 2.15. The van der Waals surface area contributed by atoms with Crippen LogP contribution in [-0.2, 0) is 28.6 Å². The van der Waals surface area contributed by atoms with E-state index in [2.05, 4.69) is 32.9 Å². The minimum Gasteiger partial charge on any atom is -0.462 e. The lowest BCUT2D eigenvalue weighted by Gasteiger charge is -2.18. The molecule has 1 atom stereocenters. The van der Waals surface area contributed by atoms with Gasteiger partial charge in [-0.1, -0.05) is 187 Å². The first-order valence-corrected chi connectivity index (χ1v) is 21.7. The van der Waals surface area contributed by atoms with Crippen molar-refractivity contribution in [3.05, 3.63) is 12.2 Å². The van der Waals surface area contributed by atoms with Gasteiger partial charge in [-0.15, -0.1) is 0 Å². The highest BCUT2D eigenvalue weighted by molar-refractivity contribution is 5.71. The van der Waals surface area contributed by atoms with Crippen LogP contribution in [0.3, 0.4) is 0 Å². The molecule has 0 saturated carbocycles. The van der Waals surface area contributed by atoms with Gasteiger partial charge >= 0.3 is 17.9 Å². The molecular formula is C44H82O6. The second-order valence-corrected chi connectivity index (χ2v) is 14.6. The highest BCUT2D eigenvalue weighted by Gasteiger charge is 2.19. The van der Waals surface area contributed by atoms with Crippen molar-refractivity contribution in [3.63, 3.8) is 0 Å². The second kappa shape index (κ2) is 39.9. The number of unbranched alkanes of at least 4 members (excludes halogenated alkanes) is 26. The minimum atomic E-state index is -0.764. The summed E-state index contributed by atoms with van der Waals surface area (Å²) in [5.41, 5.74) is 0. The van der Waals surface area contributed by atoms with E-state index in [4.69, 9.17) is 14.2 Å². The Morgan fingerprint density at radius 3 is 1.06 bits per heavy atom. The molecule has 0 fully saturated rings. The van der Waals surface area contributed by atoms with E-state index in [0.29, 0.717) is 19.3 Å². The van der Waals surface area contributed by atoms with Gasteiger partial charge in [0.2, 0.25) is 0 Å². The summed E-state index contributed by atoms with van der Waals surface area (Å²) in [6.45, 7) is 6.57. The van der Waals surface area contributed by atoms with E-state index >= 15 is 0 Å². The van der Waals surface area contributed by atoms with Crippen LogP contribution in [0.1, 0.15) is 233 Å². The predicted molar refractivity (Wildman–Crippen MR) is 210 cm³/mol. The van der Waals surface area contributed by atoms with Crippen molar-refractivity contribution in [2.45, 2.75) is 239 Å². The molecule has 0 bridgehead atoms. The van der Waals surface area contributed by atoms with E-state index in [1.807, 2.05) is 0 Å². The molecule has 0 aromatic rings. The second-order valence-electron chi connectivity index (χ2n) is 14.6. The molecule has 0 aliphatic heterocycles. The van der Waals surface area contributed by atoms with Crippen LogP contribution in [0.2, 0.25) is 0 Å². The Hall–Kier alpha value is -1.85. The zero-order valence-electron chi connectivity index (χ0n) is 33.4. The monoisotopic (exact) mass is 707 g/mol. The van der Waals surface area contributed by atoms with E-state index in [1.165, 1.54) is 128 Å². The summed E-state index contributed by atoms with van der Waals surface area (Å²) in [5, 5.41) is 0. The number of esters is 3. The number of ether oxygens (including phenoxy) is 3. The van der Waals surface area contributed by atoms with E-state index in [0.717, 1.165) is 64.2 Å². The molecule has 0 aliphatic carbocycles. The van der Waals surface area contributed by atoms with Crippen LogP contribution in [0, 0.1) is 0 Å². The van der Waals surface area contributed by atoms with Crippen LogP contribution in [0.5, 0.6) is 0 Å². The van der Waals surface area contributed by atoms with Crippen LogP contribution >= 0.6 is 0 Å². The molecule has 0 unspecified atom stereocenters. The van der Waals surface area contributed by atoms with Crippen LogP contribution < -0.4 is 0 Å². The summed E-state index contributed by atoms with van der Waals surface area (Å²) in [5.74, 6) is -0.878. The van der Waals surface area contributed by atoms with Crippen molar-refractivity contribution < 1.29 is 28.6 Å². The van der Waals surface area contributed by atoms with Gasteiger partial charge in [-0.2, -0.15) is 0 Å². The molecule has 0 aromatic heterocycles. The van der Waals surface area contributed by atoms with Crippen LogP contribution in [0.4, 0.5) is 0 Å². The van der Waals surface area contributed by atoms with Crippen molar-refractivity contribution in [2.24, 2.45) is 0 Å². The molecule has 0 radical (unpaired) electrons. The Kier molecular flexibility index (Phi) is 38.5. The van der Waals surface area contributed by atoms with Crippen LogP contribution in [0.15, 0.2) is 12.2 Å². The molecular weight excluding hydrogens is 624 g/mol. The summed E-state index contributed by atoms with van der Waals surface area (Å²) in [6.07, 6.45) is 40.5. The smallest absolute Gasteiger partial charge is 0.306 e. The summed E-state index contributed by atoms with van der Waals surface area (Å²) in [4.78, 5) is 37.5. The van der Waals surface area contributed by atoms with Gasteiger partial charge in [-0.3, -0.25) is 14.4 Å². The topological polar surface area (TPSA) is 78.9 Å². The molecule has 0 saturated heterocycles. The molecule has 0 amide bonds. The lowest BCUT2D eigenvalue weighted by atomic mass is 10.0. The molecule has 0 rings (SSSR count). The lowest BCUT2D eigenvalue weighted by molar-refractivity contribution is -0.167. The molecule has 50 heavy (non-hydrogen) atoms. The average Bonchev–Trinajstić information content (AvgIpc) is 3.11. The SMILES string of the molecule is CCCC/C=C\CCCCCCCC(=O)O[C@H](COC(=O)CCCCCCCCCCC)COC(=O)CCCCCCCCCCCCCC.